The molecule has 2 fully saturated rings. The number of thioether (sulfide) groups is 2. The van der Waals surface area contributed by atoms with Crippen molar-refractivity contribution in [1.29, 1.82) is 0 Å². The molecule has 42 heavy (non-hydrogen) atoms. The van der Waals surface area contributed by atoms with Crippen molar-refractivity contribution >= 4 is 59.1 Å². The zero-order chi connectivity index (χ0) is 30.3. The Morgan fingerprint density at radius 3 is 1.43 bits per heavy atom. The second kappa shape index (κ2) is 11.8. The first-order valence-corrected chi connectivity index (χ1v) is 15.5. The van der Waals surface area contributed by atoms with Gasteiger partial charge in [0.1, 0.15) is 34.2 Å². The zero-order valence-electron chi connectivity index (χ0n) is 22.9. The highest BCUT2D eigenvalue weighted by Gasteiger charge is 2.54. The van der Waals surface area contributed by atoms with Crippen LogP contribution in [0, 0.1) is 0 Å². The van der Waals surface area contributed by atoms with Crippen molar-refractivity contribution in [3.63, 3.8) is 0 Å². The van der Waals surface area contributed by atoms with Crippen molar-refractivity contribution in [2.45, 2.75) is 62.4 Å². The quantitative estimate of drug-likeness (QED) is 0.279. The largest absolute Gasteiger partial charge is 0.477 e. The molecule has 4 atom stereocenters. The van der Waals surface area contributed by atoms with Crippen molar-refractivity contribution in [2.24, 2.45) is 0 Å². The molecule has 14 heteroatoms. The number of hydrogen-bond donors (Lipinski definition) is 4. The predicted molar refractivity (Wildman–Crippen MR) is 154 cm³/mol. The number of carboxylic acid groups (broad SMARTS) is 2. The lowest BCUT2D eigenvalue weighted by Gasteiger charge is -2.49. The van der Waals surface area contributed by atoms with Gasteiger partial charge in [0.2, 0.25) is 11.8 Å². The van der Waals surface area contributed by atoms with Gasteiger partial charge in [0.05, 0.1) is 0 Å². The number of fused-ring (bicyclic) bond motifs is 2. The number of carbonyl (C=O) groups is 6. The third-order valence-corrected chi connectivity index (χ3v) is 10.5. The molecule has 5 rings (SSSR count). The molecule has 0 bridgehead atoms. The van der Waals surface area contributed by atoms with Crippen LogP contribution in [0.1, 0.15) is 37.8 Å². The minimum Gasteiger partial charge on any atom is -0.477 e. The molecule has 0 radical (unpaired) electrons. The van der Waals surface area contributed by atoms with Crippen LogP contribution in [-0.2, 0) is 41.6 Å². The average Bonchev–Trinajstić information content (AvgIpc) is 2.96. The van der Waals surface area contributed by atoms with E-state index in [0.717, 1.165) is 11.1 Å². The summed E-state index contributed by atoms with van der Waals surface area (Å²) in [6.45, 7) is 3.37. The molecule has 0 aromatic heterocycles. The third-order valence-electron chi connectivity index (χ3n) is 7.66. The van der Waals surface area contributed by atoms with E-state index in [4.69, 9.17) is 0 Å². The summed E-state index contributed by atoms with van der Waals surface area (Å²) in [6, 6.07) is 5.99. The van der Waals surface area contributed by atoms with Crippen molar-refractivity contribution in [2.75, 3.05) is 11.5 Å². The summed E-state index contributed by atoms with van der Waals surface area (Å²) in [5.41, 5.74) is 3.06. The number of amides is 4. The Morgan fingerprint density at radius 2 is 1.10 bits per heavy atom. The van der Waals surface area contributed by atoms with Crippen LogP contribution in [0.15, 0.2) is 46.8 Å². The molecule has 0 unspecified atom stereocenters. The summed E-state index contributed by atoms with van der Waals surface area (Å²) in [7, 11) is 0. The van der Waals surface area contributed by atoms with Gasteiger partial charge in [-0.2, -0.15) is 0 Å². The Morgan fingerprint density at radius 1 is 0.738 bits per heavy atom. The summed E-state index contributed by atoms with van der Waals surface area (Å²) in [4.78, 5) is 75.7. The number of benzene rings is 1. The monoisotopic (exact) mass is 614 g/mol. The van der Waals surface area contributed by atoms with Gasteiger partial charge in [0.15, 0.2) is 0 Å². The molecule has 0 saturated carbocycles. The maximum atomic E-state index is 12.5. The second-order valence-electron chi connectivity index (χ2n) is 10.6. The fraction of sp³-hybridized carbons (Fsp3) is 0.429. The fourth-order valence-electron chi connectivity index (χ4n) is 5.43. The van der Waals surface area contributed by atoms with Gasteiger partial charge in [-0.3, -0.25) is 29.0 Å². The average molecular weight is 615 g/mol. The fourth-order valence-corrected chi connectivity index (χ4v) is 8.02. The standard InChI is InChI=1S/C28H30N4O8S2/c1-13-11-41-25-19(23(35)31(25)21(13)27(37)38)29-17(33)9-7-15-3-5-16(6-4-15)8-10-18(34)30-20-24(36)32-22(28(39)40)14(2)12-42-26(20)32/h3-6,19-20,25-26H,7-12H2,1-2H3,(H,29,33)(H,30,34)(H,37,38)(H,39,40)/t19-,20-,25-,26-/m1/s1. The summed E-state index contributed by atoms with van der Waals surface area (Å²) in [5, 5.41) is 23.5. The number of hydrogen-bond acceptors (Lipinski definition) is 8. The van der Waals surface area contributed by atoms with Crippen LogP contribution in [0.5, 0.6) is 0 Å². The number of β-lactam (4-membered cyclic amide) rings is 2. The molecule has 4 amide bonds. The second-order valence-corrected chi connectivity index (χ2v) is 12.8. The van der Waals surface area contributed by atoms with Crippen molar-refractivity contribution in [1.82, 2.24) is 20.4 Å². The molecule has 0 spiro atoms. The Labute approximate surface area is 249 Å². The van der Waals surface area contributed by atoms with Crippen LogP contribution in [0.25, 0.3) is 0 Å². The van der Waals surface area contributed by atoms with Crippen molar-refractivity contribution in [3.05, 3.63) is 57.9 Å². The number of aliphatic carboxylic acids is 2. The summed E-state index contributed by atoms with van der Waals surface area (Å²) >= 11 is 2.86. The lowest BCUT2D eigenvalue weighted by atomic mass is 10.0. The van der Waals surface area contributed by atoms with Crippen molar-refractivity contribution < 1.29 is 39.0 Å². The van der Waals surface area contributed by atoms with Gasteiger partial charge in [-0.25, -0.2) is 9.59 Å². The van der Waals surface area contributed by atoms with E-state index in [2.05, 4.69) is 10.6 Å². The Hall–Kier alpha value is -3.78. The van der Waals surface area contributed by atoms with E-state index >= 15 is 0 Å². The minimum absolute atomic E-state index is 0.0000404. The Kier molecular flexibility index (Phi) is 8.37. The molecule has 4 N–H and O–H groups in total. The van der Waals surface area contributed by atoms with Gasteiger partial charge in [-0.15, -0.1) is 23.5 Å². The maximum Gasteiger partial charge on any atom is 0.352 e. The number of carboxylic acids is 2. The van der Waals surface area contributed by atoms with Crippen LogP contribution in [0.3, 0.4) is 0 Å². The lowest BCUT2D eigenvalue weighted by molar-refractivity contribution is -0.150. The molecule has 1 aromatic carbocycles. The molecular formula is C28H30N4O8S2. The van der Waals surface area contributed by atoms with Gasteiger partial charge in [0.25, 0.3) is 11.8 Å². The predicted octanol–water partition coefficient (Wildman–Crippen LogP) is 1.07. The molecule has 1 aromatic rings. The SMILES string of the molecule is CC1=C(C(=O)O)N2C(=O)[C@@H](NC(=O)CCc3ccc(CCC(=O)N[C@@H]4C(=O)N5C(C(=O)O)=C(C)CS[C@H]45)cc3)[C@H]2SC1. The summed E-state index contributed by atoms with van der Waals surface area (Å²) in [6.07, 6.45) is 1.21. The minimum atomic E-state index is -1.15. The van der Waals surface area contributed by atoms with E-state index < -0.39 is 46.6 Å². The highest BCUT2D eigenvalue weighted by molar-refractivity contribution is 8.00. The number of carbonyl (C=O) groups excluding carboxylic acids is 4. The van der Waals surface area contributed by atoms with E-state index in [-0.39, 0.29) is 36.1 Å². The highest BCUT2D eigenvalue weighted by atomic mass is 32.2. The van der Waals surface area contributed by atoms with E-state index in [1.807, 2.05) is 24.3 Å². The smallest absolute Gasteiger partial charge is 0.352 e. The van der Waals surface area contributed by atoms with Gasteiger partial charge in [-0.1, -0.05) is 24.3 Å². The zero-order valence-corrected chi connectivity index (χ0v) is 24.5. The normalized spacial score (nSPS) is 24.8. The molecule has 2 saturated heterocycles. The number of nitrogens with zero attached hydrogens (tertiary/aromatic N) is 2. The first-order valence-electron chi connectivity index (χ1n) is 13.4. The lowest BCUT2D eigenvalue weighted by Crippen LogP contribution is -2.70. The summed E-state index contributed by atoms with van der Waals surface area (Å²) < 4.78 is 0. The summed E-state index contributed by atoms with van der Waals surface area (Å²) in [5.74, 6) is -2.74. The van der Waals surface area contributed by atoms with E-state index in [0.29, 0.717) is 35.5 Å². The van der Waals surface area contributed by atoms with Gasteiger partial charge < -0.3 is 20.8 Å². The van der Waals surface area contributed by atoms with E-state index in [9.17, 15) is 39.0 Å². The molecule has 4 aliphatic rings. The number of aryl methyl sites for hydroxylation is 2. The Balaban J connectivity index is 1.05. The van der Waals surface area contributed by atoms with Crippen LogP contribution in [-0.4, -0.2) is 89.9 Å². The van der Waals surface area contributed by atoms with Gasteiger partial charge in [-0.05, 0) is 49.0 Å². The number of nitrogens with one attached hydrogen (secondary N) is 2. The van der Waals surface area contributed by atoms with Gasteiger partial charge in [0, 0.05) is 24.3 Å². The highest BCUT2D eigenvalue weighted by Crippen LogP contribution is 2.41. The van der Waals surface area contributed by atoms with Crippen LogP contribution in [0.2, 0.25) is 0 Å². The Bertz CT molecular complexity index is 1330. The molecule has 0 aliphatic carbocycles. The molecule has 4 heterocycles. The first-order chi connectivity index (χ1) is 20.0. The van der Waals surface area contributed by atoms with Crippen LogP contribution >= 0.6 is 23.5 Å². The third kappa shape index (κ3) is 5.52. The molecule has 4 aliphatic heterocycles. The topological polar surface area (TPSA) is 173 Å². The first kappa shape index (κ1) is 29.7. The van der Waals surface area contributed by atoms with E-state index in [1.54, 1.807) is 13.8 Å². The van der Waals surface area contributed by atoms with E-state index in [1.165, 1.54) is 33.3 Å². The maximum absolute atomic E-state index is 12.5. The molecular weight excluding hydrogens is 584 g/mol. The number of rotatable bonds is 10. The molecule has 222 valence electrons. The van der Waals surface area contributed by atoms with Gasteiger partial charge >= 0.3 is 11.9 Å². The molecule has 12 nitrogen and oxygen atoms in total. The van der Waals surface area contributed by atoms with Crippen LogP contribution in [0.4, 0.5) is 0 Å². The van der Waals surface area contributed by atoms with Crippen LogP contribution < -0.4 is 10.6 Å². The van der Waals surface area contributed by atoms with Crippen molar-refractivity contribution in [3.8, 4) is 0 Å².